The van der Waals surface area contributed by atoms with E-state index in [0.717, 1.165) is 18.3 Å². The molecule has 18 heavy (non-hydrogen) atoms. The molecule has 1 rings (SSSR count). The molecule has 0 aromatic carbocycles. The van der Waals surface area contributed by atoms with Crippen molar-refractivity contribution < 1.29 is 9.84 Å². The van der Waals surface area contributed by atoms with Crippen LogP contribution in [0.5, 0.6) is 0 Å². The van der Waals surface area contributed by atoms with Gasteiger partial charge in [-0.15, -0.1) is 0 Å². The third-order valence-electron chi connectivity index (χ3n) is 4.14. The fourth-order valence-corrected chi connectivity index (χ4v) is 3.10. The Morgan fingerprint density at radius 3 is 2.44 bits per heavy atom. The predicted molar refractivity (Wildman–Crippen MR) is 76.4 cm³/mol. The fraction of sp³-hybridized carbons (Fsp3) is 0.875. The summed E-state index contributed by atoms with van der Waals surface area (Å²) in [6.45, 7) is 8.43. The second kappa shape index (κ2) is 8.71. The van der Waals surface area contributed by atoms with Crippen molar-refractivity contribution in [1.29, 1.82) is 0 Å². The molecule has 1 aliphatic carbocycles. The van der Waals surface area contributed by atoms with Crippen LogP contribution < -0.4 is 0 Å². The van der Waals surface area contributed by atoms with Gasteiger partial charge in [-0.25, -0.2) is 0 Å². The van der Waals surface area contributed by atoms with E-state index in [-0.39, 0.29) is 0 Å². The molecule has 0 heterocycles. The zero-order valence-electron chi connectivity index (χ0n) is 12.2. The van der Waals surface area contributed by atoms with E-state index in [1.807, 2.05) is 0 Å². The highest BCUT2D eigenvalue weighted by molar-refractivity contribution is 4.91. The highest BCUT2D eigenvalue weighted by atomic mass is 16.6. The summed E-state index contributed by atoms with van der Waals surface area (Å²) in [7, 11) is 0. The van der Waals surface area contributed by atoms with Gasteiger partial charge >= 0.3 is 0 Å². The van der Waals surface area contributed by atoms with Gasteiger partial charge in [0.15, 0.2) is 6.29 Å². The van der Waals surface area contributed by atoms with Gasteiger partial charge in [0.05, 0.1) is 6.61 Å². The standard InChI is InChI=1S/C16H30O2/c1-4-8-14-9-5-6-10-15(14)11-7-12-18-16(17)13(2)3/h14-17H,2,4-12H2,1,3H3. The van der Waals surface area contributed by atoms with E-state index in [9.17, 15) is 5.11 Å². The Kier molecular flexibility index (Phi) is 7.60. The van der Waals surface area contributed by atoms with Crippen LogP contribution in [0.15, 0.2) is 12.2 Å². The van der Waals surface area contributed by atoms with Crippen LogP contribution in [-0.4, -0.2) is 18.0 Å². The Hall–Kier alpha value is -0.340. The number of hydrogen-bond donors (Lipinski definition) is 1. The Morgan fingerprint density at radius 1 is 1.28 bits per heavy atom. The first-order valence-electron chi connectivity index (χ1n) is 7.60. The topological polar surface area (TPSA) is 29.5 Å². The molecule has 1 aliphatic rings. The third-order valence-corrected chi connectivity index (χ3v) is 4.14. The van der Waals surface area contributed by atoms with Crippen LogP contribution in [0, 0.1) is 11.8 Å². The lowest BCUT2D eigenvalue weighted by atomic mass is 9.75. The van der Waals surface area contributed by atoms with Crippen molar-refractivity contribution in [1.82, 2.24) is 0 Å². The molecule has 3 atom stereocenters. The first-order valence-corrected chi connectivity index (χ1v) is 7.60. The molecule has 106 valence electrons. The molecule has 1 fully saturated rings. The van der Waals surface area contributed by atoms with Crippen molar-refractivity contribution in [3.05, 3.63) is 12.2 Å². The summed E-state index contributed by atoms with van der Waals surface area (Å²) in [5, 5.41) is 9.48. The first kappa shape index (κ1) is 15.7. The van der Waals surface area contributed by atoms with Gasteiger partial charge in [0.1, 0.15) is 0 Å². The molecule has 0 saturated heterocycles. The highest BCUT2D eigenvalue weighted by Gasteiger charge is 2.23. The lowest BCUT2D eigenvalue weighted by molar-refractivity contribution is -0.0739. The van der Waals surface area contributed by atoms with E-state index in [1.54, 1.807) is 6.92 Å². The van der Waals surface area contributed by atoms with E-state index in [0.29, 0.717) is 12.2 Å². The van der Waals surface area contributed by atoms with E-state index >= 15 is 0 Å². The lowest BCUT2D eigenvalue weighted by Gasteiger charge is -2.31. The SMILES string of the molecule is C=C(C)C(O)OCCCC1CCCCC1CCC. The number of ether oxygens (including phenoxy) is 1. The van der Waals surface area contributed by atoms with E-state index in [4.69, 9.17) is 4.74 Å². The van der Waals surface area contributed by atoms with Crippen LogP contribution in [0.4, 0.5) is 0 Å². The van der Waals surface area contributed by atoms with Crippen molar-refractivity contribution in [3.8, 4) is 0 Å². The van der Waals surface area contributed by atoms with Gasteiger partial charge in [-0.1, -0.05) is 52.0 Å². The number of hydrogen-bond acceptors (Lipinski definition) is 2. The summed E-state index contributed by atoms with van der Waals surface area (Å²) in [6, 6.07) is 0. The van der Waals surface area contributed by atoms with Crippen molar-refractivity contribution in [3.63, 3.8) is 0 Å². The number of aliphatic hydroxyl groups is 1. The molecule has 0 radical (unpaired) electrons. The average molecular weight is 254 g/mol. The molecule has 3 unspecified atom stereocenters. The normalized spacial score (nSPS) is 25.9. The molecule has 0 bridgehead atoms. The van der Waals surface area contributed by atoms with Gasteiger partial charge in [0.2, 0.25) is 0 Å². The van der Waals surface area contributed by atoms with Crippen LogP contribution in [-0.2, 0) is 4.74 Å². The van der Waals surface area contributed by atoms with E-state index in [1.165, 1.54) is 44.9 Å². The summed E-state index contributed by atoms with van der Waals surface area (Å²) in [6.07, 6.45) is 9.89. The molecule has 2 nitrogen and oxygen atoms in total. The van der Waals surface area contributed by atoms with Crippen LogP contribution in [0.2, 0.25) is 0 Å². The average Bonchev–Trinajstić information content (AvgIpc) is 2.36. The molecule has 1 saturated carbocycles. The summed E-state index contributed by atoms with van der Waals surface area (Å²) in [5.74, 6) is 1.83. The lowest BCUT2D eigenvalue weighted by Crippen LogP contribution is -2.20. The van der Waals surface area contributed by atoms with Gasteiger partial charge in [-0.2, -0.15) is 0 Å². The minimum absolute atomic E-state index is 0.656. The van der Waals surface area contributed by atoms with Gasteiger partial charge in [0.25, 0.3) is 0 Å². The van der Waals surface area contributed by atoms with Crippen LogP contribution in [0.3, 0.4) is 0 Å². The molecule has 0 aromatic rings. The van der Waals surface area contributed by atoms with Crippen LogP contribution >= 0.6 is 0 Å². The predicted octanol–water partition coefficient (Wildman–Crippen LogP) is 4.28. The molecular formula is C16H30O2. The number of aliphatic hydroxyl groups excluding tert-OH is 1. The Labute approximate surface area is 112 Å². The minimum Gasteiger partial charge on any atom is -0.364 e. The van der Waals surface area contributed by atoms with Crippen molar-refractivity contribution in [2.45, 2.75) is 71.5 Å². The molecular weight excluding hydrogens is 224 g/mol. The molecule has 1 N–H and O–H groups in total. The smallest absolute Gasteiger partial charge is 0.176 e. The van der Waals surface area contributed by atoms with Gasteiger partial charge in [-0.3, -0.25) is 0 Å². The highest BCUT2D eigenvalue weighted by Crippen LogP contribution is 2.35. The summed E-state index contributed by atoms with van der Waals surface area (Å²) >= 11 is 0. The maximum absolute atomic E-state index is 9.48. The van der Waals surface area contributed by atoms with Gasteiger partial charge in [0, 0.05) is 0 Å². The van der Waals surface area contributed by atoms with E-state index < -0.39 is 6.29 Å². The maximum atomic E-state index is 9.48. The van der Waals surface area contributed by atoms with Crippen LogP contribution in [0.25, 0.3) is 0 Å². The number of rotatable bonds is 8. The maximum Gasteiger partial charge on any atom is 0.176 e. The fourth-order valence-electron chi connectivity index (χ4n) is 3.10. The minimum atomic E-state index is -0.775. The summed E-state index contributed by atoms with van der Waals surface area (Å²) in [4.78, 5) is 0. The Morgan fingerprint density at radius 2 is 1.89 bits per heavy atom. The van der Waals surface area contributed by atoms with Crippen molar-refractivity contribution >= 4 is 0 Å². The quantitative estimate of drug-likeness (QED) is 0.398. The first-order chi connectivity index (χ1) is 8.65. The second-order valence-corrected chi connectivity index (χ2v) is 5.81. The second-order valence-electron chi connectivity index (χ2n) is 5.81. The van der Waals surface area contributed by atoms with Crippen LogP contribution in [0.1, 0.15) is 65.2 Å². The zero-order chi connectivity index (χ0) is 13.4. The summed E-state index contributed by atoms with van der Waals surface area (Å²) < 4.78 is 5.35. The zero-order valence-corrected chi connectivity index (χ0v) is 12.2. The van der Waals surface area contributed by atoms with E-state index in [2.05, 4.69) is 13.5 Å². The monoisotopic (exact) mass is 254 g/mol. The summed E-state index contributed by atoms with van der Waals surface area (Å²) in [5.41, 5.74) is 0.691. The molecule has 0 aromatic heterocycles. The molecule has 2 heteroatoms. The largest absolute Gasteiger partial charge is 0.364 e. The molecule has 0 aliphatic heterocycles. The molecule has 0 spiro atoms. The third kappa shape index (κ3) is 5.53. The molecule has 0 amide bonds. The Bertz CT molecular complexity index is 235. The Balaban J connectivity index is 2.18. The van der Waals surface area contributed by atoms with Crippen molar-refractivity contribution in [2.75, 3.05) is 6.61 Å². The van der Waals surface area contributed by atoms with Crippen molar-refractivity contribution in [2.24, 2.45) is 11.8 Å². The van der Waals surface area contributed by atoms with Gasteiger partial charge < -0.3 is 9.84 Å². The van der Waals surface area contributed by atoms with Gasteiger partial charge in [-0.05, 0) is 37.2 Å².